The van der Waals surface area contributed by atoms with Gasteiger partial charge in [0, 0.05) is 11.8 Å². The highest BCUT2D eigenvalue weighted by molar-refractivity contribution is 5.51. The monoisotopic (exact) mass is 301 g/mol. The third kappa shape index (κ3) is 4.88. The molecule has 0 bridgehead atoms. The first kappa shape index (κ1) is 16.0. The van der Waals surface area contributed by atoms with Gasteiger partial charge in [-0.15, -0.1) is 0 Å². The van der Waals surface area contributed by atoms with E-state index in [0.29, 0.717) is 24.7 Å². The summed E-state index contributed by atoms with van der Waals surface area (Å²) in [6, 6.07) is 13.5. The molecule has 0 amide bonds. The summed E-state index contributed by atoms with van der Waals surface area (Å²) in [7, 11) is 1.61. The van der Waals surface area contributed by atoms with Crippen LogP contribution in [0, 0.1) is 6.92 Å². The van der Waals surface area contributed by atoms with Gasteiger partial charge < -0.3 is 19.9 Å². The number of nitrogens with two attached hydrogens (primary N) is 1. The Kier molecular flexibility index (Phi) is 5.95. The zero-order valence-corrected chi connectivity index (χ0v) is 13.2. The van der Waals surface area contributed by atoms with Gasteiger partial charge in [0.25, 0.3) is 0 Å². The van der Waals surface area contributed by atoms with E-state index in [9.17, 15) is 0 Å². The van der Waals surface area contributed by atoms with Crippen molar-refractivity contribution in [2.24, 2.45) is 0 Å². The molecule has 0 radical (unpaired) electrons. The molecule has 0 heterocycles. The largest absolute Gasteiger partial charge is 0.494 e. The first-order valence-electron chi connectivity index (χ1n) is 7.45. The molecule has 0 aromatic heterocycles. The molecule has 2 N–H and O–H groups in total. The molecular formula is C18H23NO3. The highest BCUT2D eigenvalue weighted by Gasteiger charge is 2.04. The second kappa shape index (κ2) is 8.17. The van der Waals surface area contributed by atoms with Crippen molar-refractivity contribution in [2.45, 2.75) is 19.8 Å². The molecule has 0 atom stereocenters. The van der Waals surface area contributed by atoms with E-state index in [1.54, 1.807) is 19.2 Å². The van der Waals surface area contributed by atoms with Crippen molar-refractivity contribution in [3.05, 3.63) is 48.0 Å². The molecule has 2 rings (SSSR count). The Morgan fingerprint density at radius 2 is 1.68 bits per heavy atom. The van der Waals surface area contributed by atoms with Gasteiger partial charge in [0.2, 0.25) is 0 Å². The normalized spacial score (nSPS) is 10.3. The number of rotatable bonds is 8. The van der Waals surface area contributed by atoms with E-state index in [1.807, 2.05) is 24.3 Å². The molecule has 0 unspecified atom stereocenters. The zero-order chi connectivity index (χ0) is 15.8. The number of hydrogen-bond acceptors (Lipinski definition) is 4. The minimum atomic E-state index is 0.622. The molecule has 0 aliphatic heterocycles. The fourth-order valence-corrected chi connectivity index (χ4v) is 2.08. The molecule has 0 saturated heterocycles. The Hall–Kier alpha value is -2.36. The van der Waals surface area contributed by atoms with Crippen molar-refractivity contribution >= 4 is 5.69 Å². The standard InChI is InChI=1S/C18H23NO3/c1-14-6-5-7-16(12-14)21-10-3-4-11-22-17-9-8-15(19)13-18(17)20-2/h5-9,12-13H,3-4,10-11,19H2,1-2H3. The third-order valence-electron chi connectivity index (χ3n) is 3.24. The Bertz CT molecular complexity index is 599. The van der Waals surface area contributed by atoms with Crippen LogP contribution in [0.4, 0.5) is 5.69 Å². The summed E-state index contributed by atoms with van der Waals surface area (Å²) in [4.78, 5) is 0. The SMILES string of the molecule is COc1cc(N)ccc1OCCCCOc1cccc(C)c1. The first-order valence-corrected chi connectivity index (χ1v) is 7.45. The van der Waals surface area contributed by atoms with Crippen molar-refractivity contribution < 1.29 is 14.2 Å². The number of hydrogen-bond donors (Lipinski definition) is 1. The van der Waals surface area contributed by atoms with E-state index in [0.717, 1.165) is 24.3 Å². The molecule has 0 saturated carbocycles. The molecule has 2 aromatic carbocycles. The van der Waals surface area contributed by atoms with Crippen LogP contribution in [0.1, 0.15) is 18.4 Å². The van der Waals surface area contributed by atoms with Crippen molar-refractivity contribution in [2.75, 3.05) is 26.1 Å². The second-order valence-corrected chi connectivity index (χ2v) is 5.13. The van der Waals surface area contributed by atoms with Gasteiger partial charge in [-0.3, -0.25) is 0 Å². The molecule has 0 aliphatic carbocycles. The fourth-order valence-electron chi connectivity index (χ4n) is 2.08. The van der Waals surface area contributed by atoms with E-state index < -0.39 is 0 Å². The van der Waals surface area contributed by atoms with E-state index in [2.05, 4.69) is 13.0 Å². The van der Waals surface area contributed by atoms with Crippen LogP contribution in [0.5, 0.6) is 17.2 Å². The number of aryl methyl sites for hydroxylation is 1. The smallest absolute Gasteiger partial charge is 0.162 e. The molecule has 2 aromatic rings. The highest BCUT2D eigenvalue weighted by Crippen LogP contribution is 2.29. The topological polar surface area (TPSA) is 53.7 Å². The minimum absolute atomic E-state index is 0.622. The lowest BCUT2D eigenvalue weighted by Gasteiger charge is -2.11. The van der Waals surface area contributed by atoms with E-state index in [-0.39, 0.29) is 0 Å². The van der Waals surface area contributed by atoms with Crippen molar-refractivity contribution in [1.82, 2.24) is 0 Å². The molecule has 118 valence electrons. The number of unbranched alkanes of at least 4 members (excludes halogenated alkanes) is 1. The molecule has 4 nitrogen and oxygen atoms in total. The van der Waals surface area contributed by atoms with Crippen LogP contribution in [0.25, 0.3) is 0 Å². The molecule has 0 aliphatic rings. The minimum Gasteiger partial charge on any atom is -0.494 e. The van der Waals surface area contributed by atoms with E-state index in [1.165, 1.54) is 5.56 Å². The van der Waals surface area contributed by atoms with Crippen LogP contribution in [0.2, 0.25) is 0 Å². The van der Waals surface area contributed by atoms with Gasteiger partial charge in [-0.05, 0) is 49.6 Å². The van der Waals surface area contributed by atoms with Crippen LogP contribution < -0.4 is 19.9 Å². The third-order valence-corrected chi connectivity index (χ3v) is 3.24. The van der Waals surface area contributed by atoms with Gasteiger partial charge in [-0.1, -0.05) is 12.1 Å². The lowest BCUT2D eigenvalue weighted by atomic mass is 10.2. The summed E-state index contributed by atoms with van der Waals surface area (Å²) >= 11 is 0. The lowest BCUT2D eigenvalue weighted by molar-refractivity contribution is 0.258. The number of ether oxygens (including phenoxy) is 3. The molecule has 22 heavy (non-hydrogen) atoms. The number of benzene rings is 2. The number of nitrogen functional groups attached to an aromatic ring is 1. The van der Waals surface area contributed by atoms with Crippen LogP contribution in [-0.4, -0.2) is 20.3 Å². The first-order chi connectivity index (χ1) is 10.7. The summed E-state index contributed by atoms with van der Waals surface area (Å²) in [5.41, 5.74) is 7.58. The van der Waals surface area contributed by atoms with Crippen molar-refractivity contribution in [3.63, 3.8) is 0 Å². The van der Waals surface area contributed by atoms with Crippen LogP contribution in [0.3, 0.4) is 0 Å². The highest BCUT2D eigenvalue weighted by atomic mass is 16.5. The van der Waals surface area contributed by atoms with Gasteiger partial charge in [-0.25, -0.2) is 0 Å². The zero-order valence-electron chi connectivity index (χ0n) is 13.2. The predicted molar refractivity (Wildman–Crippen MR) is 88.8 cm³/mol. The predicted octanol–water partition coefficient (Wildman–Crippen LogP) is 3.82. The molecule has 4 heteroatoms. The van der Waals surface area contributed by atoms with Crippen LogP contribution >= 0.6 is 0 Å². The average Bonchev–Trinajstić information content (AvgIpc) is 2.52. The Balaban J connectivity index is 1.67. The van der Waals surface area contributed by atoms with Gasteiger partial charge >= 0.3 is 0 Å². The maximum Gasteiger partial charge on any atom is 0.162 e. The summed E-state index contributed by atoms with van der Waals surface area (Å²) in [6.07, 6.45) is 1.85. The maximum atomic E-state index is 5.72. The van der Waals surface area contributed by atoms with Crippen molar-refractivity contribution in [3.8, 4) is 17.2 Å². The summed E-state index contributed by atoms with van der Waals surface area (Å²) in [6.45, 7) is 3.36. The summed E-state index contributed by atoms with van der Waals surface area (Å²) in [5.74, 6) is 2.30. The van der Waals surface area contributed by atoms with E-state index in [4.69, 9.17) is 19.9 Å². The van der Waals surface area contributed by atoms with Crippen molar-refractivity contribution in [1.29, 1.82) is 0 Å². The summed E-state index contributed by atoms with van der Waals surface area (Å²) in [5, 5.41) is 0. The second-order valence-electron chi connectivity index (χ2n) is 5.13. The average molecular weight is 301 g/mol. The quantitative estimate of drug-likeness (QED) is 0.595. The van der Waals surface area contributed by atoms with Gasteiger partial charge in [-0.2, -0.15) is 0 Å². The van der Waals surface area contributed by atoms with Crippen LogP contribution in [0.15, 0.2) is 42.5 Å². The number of anilines is 1. The maximum absolute atomic E-state index is 5.72. The summed E-state index contributed by atoms with van der Waals surface area (Å²) < 4.78 is 16.7. The number of methoxy groups -OCH3 is 1. The Morgan fingerprint density at radius 3 is 2.41 bits per heavy atom. The molecule has 0 spiro atoms. The Labute approximate surface area is 131 Å². The molecular weight excluding hydrogens is 278 g/mol. The van der Waals surface area contributed by atoms with Gasteiger partial charge in [0.15, 0.2) is 11.5 Å². The fraction of sp³-hybridized carbons (Fsp3) is 0.333. The molecule has 0 fully saturated rings. The van der Waals surface area contributed by atoms with Gasteiger partial charge in [0.05, 0.1) is 20.3 Å². The lowest BCUT2D eigenvalue weighted by Crippen LogP contribution is -2.03. The van der Waals surface area contributed by atoms with Crippen LogP contribution in [-0.2, 0) is 0 Å². The Morgan fingerprint density at radius 1 is 0.909 bits per heavy atom. The van der Waals surface area contributed by atoms with Gasteiger partial charge in [0.1, 0.15) is 5.75 Å². The van der Waals surface area contributed by atoms with E-state index >= 15 is 0 Å².